The summed E-state index contributed by atoms with van der Waals surface area (Å²) in [6.45, 7) is 2.05. The van der Waals surface area contributed by atoms with Crippen molar-refractivity contribution in [3.05, 3.63) is 125 Å². The second-order valence-corrected chi connectivity index (χ2v) is 8.43. The highest BCUT2D eigenvalue weighted by molar-refractivity contribution is 6.03. The molecule has 5 aromatic heterocycles. The third kappa shape index (κ3) is 4.97. The van der Waals surface area contributed by atoms with E-state index in [9.17, 15) is 9.59 Å². The lowest BCUT2D eigenvalue weighted by molar-refractivity contribution is 0.100. The number of rotatable bonds is 3. The van der Waals surface area contributed by atoms with E-state index >= 15 is 0 Å². The topological polar surface area (TPSA) is 139 Å². The Morgan fingerprint density at radius 1 is 0.974 bits per heavy atom. The number of fused-ring (bicyclic) bond motifs is 2. The van der Waals surface area contributed by atoms with Crippen LogP contribution in [0.15, 0.2) is 96.6 Å². The molecule has 0 saturated carbocycles. The van der Waals surface area contributed by atoms with E-state index in [-0.39, 0.29) is 16.9 Å². The standard InChI is InChI=1S/C22H17N3O.C7H7N5O/c1-2-19-16-24-15-12-18(9-8-17-10-13-23-14-11-17)21(24)22(26)25(19)20-6-4-3-5-7-20;8-5-4(6(9)13)7-10-2-1-3-12(7)11-5/h3-7,10-16H,2H2,1H3;1-3H,(H2,8,11)(H2,9,13). The second kappa shape index (κ2) is 10.7. The van der Waals surface area contributed by atoms with Gasteiger partial charge in [-0.05, 0) is 42.8 Å². The molecule has 0 atom stereocenters. The lowest BCUT2D eigenvalue weighted by Crippen LogP contribution is -2.24. The Morgan fingerprint density at radius 3 is 2.46 bits per heavy atom. The molecule has 1 aromatic carbocycles. The van der Waals surface area contributed by atoms with Crippen LogP contribution in [0.1, 0.15) is 34.1 Å². The van der Waals surface area contributed by atoms with E-state index in [0.717, 1.165) is 28.9 Å². The van der Waals surface area contributed by atoms with Gasteiger partial charge < -0.3 is 15.9 Å². The molecular formula is C29H24N8O2. The monoisotopic (exact) mass is 516 g/mol. The van der Waals surface area contributed by atoms with Gasteiger partial charge in [-0.3, -0.25) is 19.1 Å². The van der Waals surface area contributed by atoms with Crippen molar-refractivity contribution >= 4 is 22.9 Å². The van der Waals surface area contributed by atoms with Crippen LogP contribution in [-0.4, -0.2) is 34.5 Å². The number of hydrogen-bond acceptors (Lipinski definition) is 6. The van der Waals surface area contributed by atoms with E-state index < -0.39 is 5.91 Å². The van der Waals surface area contributed by atoms with E-state index in [0.29, 0.717) is 11.2 Å². The zero-order valence-corrected chi connectivity index (χ0v) is 21.0. The van der Waals surface area contributed by atoms with Gasteiger partial charge in [-0.25, -0.2) is 9.50 Å². The Morgan fingerprint density at radius 2 is 1.74 bits per heavy atom. The molecule has 0 saturated heterocycles. The molecule has 10 nitrogen and oxygen atoms in total. The summed E-state index contributed by atoms with van der Waals surface area (Å²) < 4.78 is 5.06. The van der Waals surface area contributed by atoms with Crippen molar-refractivity contribution in [1.29, 1.82) is 0 Å². The predicted octanol–water partition coefficient (Wildman–Crippen LogP) is 2.86. The summed E-state index contributed by atoms with van der Waals surface area (Å²) in [5.74, 6) is 5.72. The summed E-state index contributed by atoms with van der Waals surface area (Å²) in [5.41, 5.74) is 15.1. The van der Waals surface area contributed by atoms with E-state index in [1.54, 1.807) is 35.4 Å². The zero-order chi connectivity index (χ0) is 27.4. The first kappa shape index (κ1) is 25.0. The fourth-order valence-electron chi connectivity index (χ4n) is 4.16. The first-order valence-corrected chi connectivity index (χ1v) is 12.1. The fraction of sp³-hybridized carbons (Fsp3) is 0.0690. The lowest BCUT2D eigenvalue weighted by atomic mass is 10.2. The van der Waals surface area contributed by atoms with Gasteiger partial charge in [0, 0.05) is 54.1 Å². The van der Waals surface area contributed by atoms with Crippen molar-refractivity contribution in [2.75, 3.05) is 5.73 Å². The van der Waals surface area contributed by atoms with Crippen LogP contribution in [0.5, 0.6) is 0 Å². The largest absolute Gasteiger partial charge is 0.381 e. The average Bonchev–Trinajstić information content (AvgIpc) is 3.53. The van der Waals surface area contributed by atoms with E-state index in [1.807, 2.05) is 72.2 Å². The molecule has 6 rings (SSSR count). The van der Waals surface area contributed by atoms with Gasteiger partial charge in [-0.15, -0.1) is 5.10 Å². The molecule has 0 bridgehead atoms. The number of hydrogen-bond donors (Lipinski definition) is 2. The first-order chi connectivity index (χ1) is 19.0. The third-order valence-corrected chi connectivity index (χ3v) is 5.96. The number of aryl methyl sites for hydroxylation is 1. The van der Waals surface area contributed by atoms with Crippen LogP contribution in [0.25, 0.3) is 16.9 Å². The molecule has 1 amide bonds. The van der Waals surface area contributed by atoms with Crippen molar-refractivity contribution in [3.8, 4) is 17.5 Å². The molecule has 0 aliphatic carbocycles. The fourth-order valence-corrected chi connectivity index (χ4v) is 4.16. The summed E-state index contributed by atoms with van der Waals surface area (Å²) in [5, 5.41) is 3.87. The summed E-state index contributed by atoms with van der Waals surface area (Å²) >= 11 is 0. The molecule has 0 fully saturated rings. The Bertz CT molecular complexity index is 1910. The van der Waals surface area contributed by atoms with Crippen molar-refractivity contribution < 1.29 is 4.79 Å². The van der Waals surface area contributed by atoms with Crippen LogP contribution in [0.4, 0.5) is 5.82 Å². The van der Waals surface area contributed by atoms with Crippen LogP contribution in [0.2, 0.25) is 0 Å². The quantitative estimate of drug-likeness (QED) is 0.347. The van der Waals surface area contributed by atoms with Gasteiger partial charge in [0.15, 0.2) is 11.5 Å². The number of nitrogens with two attached hydrogens (primary N) is 2. The number of amides is 1. The number of benzene rings is 1. The van der Waals surface area contributed by atoms with Crippen LogP contribution in [0.3, 0.4) is 0 Å². The Hall–Kier alpha value is -5.69. The van der Waals surface area contributed by atoms with Gasteiger partial charge in [-0.2, -0.15) is 0 Å². The number of primary amides is 1. The SMILES string of the molecule is CCc1cn2ccc(C#Cc3ccncc3)c2c(=O)n1-c1ccccc1.NC(=O)c1c(N)nn2cccnc12. The normalized spacial score (nSPS) is 10.5. The van der Waals surface area contributed by atoms with Crippen molar-refractivity contribution in [3.63, 3.8) is 0 Å². The van der Waals surface area contributed by atoms with Gasteiger partial charge in [0.2, 0.25) is 0 Å². The molecule has 0 unspecified atom stereocenters. The van der Waals surface area contributed by atoms with E-state index in [4.69, 9.17) is 11.5 Å². The zero-order valence-electron chi connectivity index (χ0n) is 21.0. The van der Waals surface area contributed by atoms with Gasteiger partial charge in [0.05, 0.1) is 5.56 Å². The maximum atomic E-state index is 13.3. The van der Waals surface area contributed by atoms with Gasteiger partial charge in [-0.1, -0.05) is 37.0 Å². The minimum atomic E-state index is -0.619. The Kier molecular flexibility index (Phi) is 6.88. The highest BCUT2D eigenvalue weighted by atomic mass is 16.1. The average molecular weight is 517 g/mol. The van der Waals surface area contributed by atoms with E-state index in [2.05, 4.69) is 26.9 Å². The first-order valence-electron chi connectivity index (χ1n) is 12.1. The number of para-hydroxylation sites is 1. The Labute approximate surface area is 223 Å². The van der Waals surface area contributed by atoms with E-state index in [1.165, 1.54) is 4.52 Å². The third-order valence-electron chi connectivity index (χ3n) is 5.96. The molecule has 0 aliphatic rings. The summed E-state index contributed by atoms with van der Waals surface area (Å²) in [6, 6.07) is 17.0. The van der Waals surface area contributed by atoms with Crippen LogP contribution < -0.4 is 17.0 Å². The van der Waals surface area contributed by atoms with Crippen LogP contribution in [-0.2, 0) is 6.42 Å². The van der Waals surface area contributed by atoms with Crippen molar-refractivity contribution in [2.24, 2.45) is 5.73 Å². The molecule has 0 radical (unpaired) electrons. The smallest absolute Gasteiger partial charge is 0.280 e. The lowest BCUT2D eigenvalue weighted by Gasteiger charge is -2.13. The van der Waals surface area contributed by atoms with Crippen molar-refractivity contribution in [2.45, 2.75) is 13.3 Å². The molecule has 4 N–H and O–H groups in total. The molecule has 192 valence electrons. The maximum absolute atomic E-state index is 13.3. The molecule has 5 heterocycles. The highest BCUT2D eigenvalue weighted by Gasteiger charge is 2.15. The summed E-state index contributed by atoms with van der Waals surface area (Å²) in [6.07, 6.45) is 11.3. The molecule has 10 heteroatoms. The molecule has 0 spiro atoms. The molecule has 6 aromatic rings. The van der Waals surface area contributed by atoms with Gasteiger partial charge in [0.1, 0.15) is 11.1 Å². The summed E-state index contributed by atoms with van der Waals surface area (Å²) in [4.78, 5) is 32.1. The van der Waals surface area contributed by atoms with Gasteiger partial charge in [0.25, 0.3) is 11.5 Å². The second-order valence-electron chi connectivity index (χ2n) is 8.43. The number of aromatic nitrogens is 6. The minimum Gasteiger partial charge on any atom is -0.381 e. The van der Waals surface area contributed by atoms with Crippen LogP contribution >= 0.6 is 0 Å². The highest BCUT2D eigenvalue weighted by Crippen LogP contribution is 2.15. The molecular weight excluding hydrogens is 492 g/mol. The minimum absolute atomic E-state index is 0.0559. The number of nitrogens with zero attached hydrogens (tertiary/aromatic N) is 6. The number of pyridine rings is 1. The summed E-state index contributed by atoms with van der Waals surface area (Å²) in [7, 11) is 0. The van der Waals surface area contributed by atoms with Crippen molar-refractivity contribution in [1.82, 2.24) is 28.5 Å². The molecule has 0 aliphatic heterocycles. The Balaban J connectivity index is 0.000000198. The van der Waals surface area contributed by atoms with Gasteiger partial charge >= 0.3 is 0 Å². The van der Waals surface area contributed by atoms with Crippen LogP contribution in [0, 0.1) is 11.8 Å². The molecule has 39 heavy (non-hydrogen) atoms. The number of carbonyl (C=O) groups is 1. The number of anilines is 1. The predicted molar refractivity (Wildman–Crippen MR) is 149 cm³/mol. The number of nitrogen functional groups attached to an aromatic ring is 1. The number of carbonyl (C=O) groups excluding carboxylic acids is 1. The maximum Gasteiger partial charge on any atom is 0.280 e.